The molecule has 0 bridgehead atoms. The molecule has 0 radical (unpaired) electrons. The van der Waals surface area contributed by atoms with Crippen LogP contribution in [0.25, 0.3) is 0 Å². The molecule has 1 saturated carbocycles. The van der Waals surface area contributed by atoms with Crippen LogP contribution in [0.15, 0.2) is 22.9 Å². The van der Waals surface area contributed by atoms with E-state index in [0.29, 0.717) is 12.1 Å². The maximum atomic E-state index is 11.7. The minimum absolute atomic E-state index is 0.0604. The lowest BCUT2D eigenvalue weighted by atomic mass is 10.1. The van der Waals surface area contributed by atoms with Crippen LogP contribution in [0, 0.1) is 5.41 Å². The Morgan fingerprint density at radius 2 is 2.31 bits per heavy atom. The summed E-state index contributed by atoms with van der Waals surface area (Å²) in [6.07, 6.45) is 5.13. The lowest BCUT2D eigenvalue weighted by molar-refractivity contribution is 0.0935. The predicted octanol–water partition coefficient (Wildman–Crippen LogP) is 1.35. The lowest BCUT2D eigenvalue weighted by Crippen LogP contribution is -2.31. The summed E-state index contributed by atoms with van der Waals surface area (Å²) in [6, 6.07) is 1.72. The number of carbonyl (C=O) groups is 1. The van der Waals surface area contributed by atoms with Crippen molar-refractivity contribution in [3.05, 3.63) is 28.5 Å². The summed E-state index contributed by atoms with van der Waals surface area (Å²) in [5, 5.41) is 11.9. The van der Waals surface area contributed by atoms with Gasteiger partial charge in [0.1, 0.15) is 0 Å². The van der Waals surface area contributed by atoms with E-state index in [4.69, 9.17) is 5.11 Å². The molecule has 1 aliphatic rings. The molecule has 1 aliphatic carbocycles. The van der Waals surface area contributed by atoms with Gasteiger partial charge in [0.15, 0.2) is 0 Å². The number of aliphatic hydroxyl groups excluding tert-OH is 1. The zero-order valence-corrected chi connectivity index (χ0v) is 10.3. The van der Waals surface area contributed by atoms with E-state index in [-0.39, 0.29) is 17.9 Å². The van der Waals surface area contributed by atoms with Gasteiger partial charge in [0.2, 0.25) is 0 Å². The Hall–Kier alpha value is -0.940. The second kappa shape index (κ2) is 4.51. The van der Waals surface area contributed by atoms with Crippen molar-refractivity contribution in [2.24, 2.45) is 5.41 Å². The highest BCUT2D eigenvalue weighted by molar-refractivity contribution is 9.10. The molecule has 1 fully saturated rings. The van der Waals surface area contributed by atoms with Crippen molar-refractivity contribution in [1.82, 2.24) is 10.3 Å². The minimum atomic E-state index is -0.145. The van der Waals surface area contributed by atoms with E-state index < -0.39 is 0 Å². The molecule has 16 heavy (non-hydrogen) atoms. The summed E-state index contributed by atoms with van der Waals surface area (Å²) in [5.41, 5.74) is 0.470. The summed E-state index contributed by atoms with van der Waals surface area (Å²) in [6.45, 7) is 0.679. The molecule has 0 atom stereocenters. The van der Waals surface area contributed by atoms with Gasteiger partial charge >= 0.3 is 0 Å². The second-order valence-corrected chi connectivity index (χ2v) is 5.15. The molecule has 5 heteroatoms. The number of amides is 1. The van der Waals surface area contributed by atoms with Crippen molar-refractivity contribution in [3.8, 4) is 0 Å². The maximum Gasteiger partial charge on any atom is 0.252 e. The number of halogens is 1. The molecule has 0 unspecified atom stereocenters. The average molecular weight is 285 g/mol. The zero-order chi connectivity index (χ0) is 11.6. The highest BCUT2D eigenvalue weighted by atomic mass is 79.9. The number of aromatic nitrogens is 1. The Bertz CT molecular complexity index is 405. The number of rotatable bonds is 4. The van der Waals surface area contributed by atoms with Gasteiger partial charge in [0.05, 0.1) is 12.2 Å². The smallest absolute Gasteiger partial charge is 0.252 e. The van der Waals surface area contributed by atoms with Crippen LogP contribution in [0.4, 0.5) is 0 Å². The Morgan fingerprint density at radius 1 is 1.56 bits per heavy atom. The number of carbonyl (C=O) groups excluding carboxylic acids is 1. The number of nitrogens with one attached hydrogen (secondary N) is 1. The third-order valence-electron chi connectivity index (χ3n) is 2.88. The summed E-state index contributed by atoms with van der Waals surface area (Å²) in [7, 11) is 0. The predicted molar refractivity (Wildman–Crippen MR) is 63.0 cm³/mol. The first-order valence-electron chi connectivity index (χ1n) is 5.15. The molecule has 4 nitrogen and oxygen atoms in total. The van der Waals surface area contributed by atoms with E-state index in [1.807, 2.05) is 0 Å². The van der Waals surface area contributed by atoms with Crippen molar-refractivity contribution in [2.45, 2.75) is 12.8 Å². The molecular formula is C11H13BrN2O2. The summed E-state index contributed by atoms with van der Waals surface area (Å²) in [4.78, 5) is 15.7. The third kappa shape index (κ3) is 2.59. The fourth-order valence-corrected chi connectivity index (χ4v) is 1.84. The molecule has 2 N–H and O–H groups in total. The number of hydrogen-bond acceptors (Lipinski definition) is 3. The molecule has 0 saturated heterocycles. The summed E-state index contributed by atoms with van der Waals surface area (Å²) in [5.74, 6) is -0.145. The van der Waals surface area contributed by atoms with E-state index in [0.717, 1.165) is 17.3 Å². The van der Waals surface area contributed by atoms with Crippen molar-refractivity contribution in [2.75, 3.05) is 13.2 Å². The summed E-state index contributed by atoms with van der Waals surface area (Å²) < 4.78 is 0.781. The fraction of sp³-hybridized carbons (Fsp3) is 0.455. The topological polar surface area (TPSA) is 62.2 Å². The van der Waals surface area contributed by atoms with Crippen molar-refractivity contribution < 1.29 is 9.90 Å². The Morgan fingerprint density at radius 3 is 2.88 bits per heavy atom. The standard InChI is InChI=1S/C11H13BrN2O2/c12-9-3-8(4-13-5-9)10(16)14-6-11(7-15)1-2-11/h3-5,15H,1-2,6-7H2,(H,14,16). The molecule has 1 aromatic heterocycles. The van der Waals surface area contributed by atoms with Crippen LogP contribution in [0.2, 0.25) is 0 Å². The third-order valence-corrected chi connectivity index (χ3v) is 3.32. The number of hydrogen-bond donors (Lipinski definition) is 2. The molecule has 0 spiro atoms. The fourth-order valence-electron chi connectivity index (χ4n) is 1.47. The first-order valence-corrected chi connectivity index (χ1v) is 5.94. The minimum Gasteiger partial charge on any atom is -0.396 e. The van der Waals surface area contributed by atoms with E-state index >= 15 is 0 Å². The van der Waals surface area contributed by atoms with Crippen molar-refractivity contribution in [3.63, 3.8) is 0 Å². The first kappa shape index (κ1) is 11.5. The molecule has 0 aromatic carbocycles. The average Bonchev–Trinajstić information content (AvgIpc) is 3.07. The van der Waals surface area contributed by atoms with Crippen molar-refractivity contribution in [1.29, 1.82) is 0 Å². The number of pyridine rings is 1. The van der Waals surface area contributed by atoms with Gasteiger partial charge in [-0.1, -0.05) is 0 Å². The van der Waals surface area contributed by atoms with Crippen LogP contribution in [0.5, 0.6) is 0 Å². The van der Waals surface area contributed by atoms with Gasteiger partial charge in [-0.3, -0.25) is 9.78 Å². The SMILES string of the molecule is O=C(NCC1(CO)CC1)c1cncc(Br)c1. The van der Waals surface area contributed by atoms with E-state index in [1.165, 1.54) is 6.20 Å². The van der Waals surface area contributed by atoms with E-state index in [1.54, 1.807) is 12.3 Å². The Balaban J connectivity index is 1.93. The molecule has 86 valence electrons. The van der Waals surface area contributed by atoms with Gasteiger partial charge in [0, 0.05) is 28.8 Å². The van der Waals surface area contributed by atoms with Crippen LogP contribution in [-0.2, 0) is 0 Å². The highest BCUT2D eigenvalue weighted by Crippen LogP contribution is 2.44. The molecule has 1 aromatic rings. The highest BCUT2D eigenvalue weighted by Gasteiger charge is 2.42. The van der Waals surface area contributed by atoms with Crippen LogP contribution in [0.3, 0.4) is 0 Å². The van der Waals surface area contributed by atoms with Gasteiger partial charge in [-0.25, -0.2) is 0 Å². The monoisotopic (exact) mass is 284 g/mol. The molecule has 1 heterocycles. The quantitative estimate of drug-likeness (QED) is 0.877. The van der Waals surface area contributed by atoms with Crippen LogP contribution < -0.4 is 5.32 Å². The molecule has 1 amide bonds. The van der Waals surface area contributed by atoms with E-state index in [2.05, 4.69) is 26.2 Å². The number of aliphatic hydroxyl groups is 1. The Labute approximate surface area is 102 Å². The zero-order valence-electron chi connectivity index (χ0n) is 8.74. The Kier molecular flexibility index (Phi) is 3.25. The van der Waals surface area contributed by atoms with Gasteiger partial charge < -0.3 is 10.4 Å². The first-order chi connectivity index (χ1) is 7.65. The summed E-state index contributed by atoms with van der Waals surface area (Å²) >= 11 is 3.26. The molecular weight excluding hydrogens is 272 g/mol. The number of nitrogens with zero attached hydrogens (tertiary/aromatic N) is 1. The largest absolute Gasteiger partial charge is 0.396 e. The normalized spacial score (nSPS) is 16.9. The van der Waals surface area contributed by atoms with Crippen LogP contribution in [0.1, 0.15) is 23.2 Å². The van der Waals surface area contributed by atoms with Crippen molar-refractivity contribution >= 4 is 21.8 Å². The molecule has 0 aliphatic heterocycles. The van der Waals surface area contributed by atoms with Gasteiger partial charge in [0.25, 0.3) is 5.91 Å². The lowest BCUT2D eigenvalue weighted by Gasteiger charge is -2.12. The van der Waals surface area contributed by atoms with Gasteiger partial charge in [-0.05, 0) is 34.8 Å². The van der Waals surface area contributed by atoms with Gasteiger partial charge in [-0.15, -0.1) is 0 Å². The molecule has 2 rings (SSSR count). The van der Waals surface area contributed by atoms with E-state index in [9.17, 15) is 4.79 Å². The second-order valence-electron chi connectivity index (χ2n) is 4.23. The van der Waals surface area contributed by atoms with Crippen LogP contribution >= 0.6 is 15.9 Å². The van der Waals surface area contributed by atoms with Gasteiger partial charge in [-0.2, -0.15) is 0 Å². The van der Waals surface area contributed by atoms with Crippen LogP contribution in [-0.4, -0.2) is 29.1 Å². The maximum absolute atomic E-state index is 11.7.